The van der Waals surface area contributed by atoms with Gasteiger partial charge >= 0.3 is 0 Å². The van der Waals surface area contributed by atoms with Crippen LogP contribution in [0.5, 0.6) is 5.75 Å². The molecule has 1 heterocycles. The van der Waals surface area contributed by atoms with Crippen molar-refractivity contribution < 1.29 is 14.3 Å². The highest BCUT2D eigenvalue weighted by atomic mass is 16.5. The Hall–Kier alpha value is -2.33. The summed E-state index contributed by atoms with van der Waals surface area (Å²) >= 11 is 0. The number of ether oxygens (including phenoxy) is 2. The lowest BCUT2D eigenvalue weighted by Crippen LogP contribution is -2.42. The Balaban J connectivity index is 1.62. The Morgan fingerprint density at radius 1 is 1.16 bits per heavy atom. The van der Waals surface area contributed by atoms with Gasteiger partial charge in [-0.1, -0.05) is 43.7 Å². The number of hydrogen-bond acceptors (Lipinski definition) is 3. The highest BCUT2D eigenvalue weighted by Gasteiger charge is 2.26. The van der Waals surface area contributed by atoms with E-state index in [9.17, 15) is 4.79 Å². The standard InChI is InChI=1S/C21H25NO3/c1-2-3-14-24-19-11-9-18(10-12-19)21(23)22-13-15-25-20(16-22)17-7-5-4-6-8-17/h4-12,20H,2-3,13-16H2,1H3. The predicted octanol–water partition coefficient (Wildman–Crippen LogP) is 4.08. The maximum Gasteiger partial charge on any atom is 0.254 e. The SMILES string of the molecule is CCCCOc1ccc(C(=O)N2CCOC(c3ccccc3)C2)cc1. The van der Waals surface area contributed by atoms with Crippen LogP contribution in [0.4, 0.5) is 0 Å². The quantitative estimate of drug-likeness (QED) is 0.745. The fourth-order valence-corrected chi connectivity index (χ4v) is 2.91. The summed E-state index contributed by atoms with van der Waals surface area (Å²) in [5.41, 5.74) is 1.80. The number of rotatable bonds is 6. The van der Waals surface area contributed by atoms with Crippen LogP contribution in [-0.2, 0) is 4.74 Å². The van der Waals surface area contributed by atoms with Crippen LogP contribution in [-0.4, -0.2) is 37.1 Å². The molecule has 132 valence electrons. The molecule has 0 N–H and O–H groups in total. The summed E-state index contributed by atoms with van der Waals surface area (Å²) in [7, 11) is 0. The minimum Gasteiger partial charge on any atom is -0.494 e. The molecule has 4 heteroatoms. The summed E-state index contributed by atoms with van der Waals surface area (Å²) < 4.78 is 11.5. The van der Waals surface area contributed by atoms with E-state index in [2.05, 4.69) is 6.92 Å². The molecular formula is C21H25NO3. The molecule has 1 fully saturated rings. The summed E-state index contributed by atoms with van der Waals surface area (Å²) in [6.07, 6.45) is 2.08. The lowest BCUT2D eigenvalue weighted by molar-refractivity contribution is -0.0228. The number of carbonyl (C=O) groups excluding carboxylic acids is 1. The van der Waals surface area contributed by atoms with Gasteiger partial charge in [0.15, 0.2) is 0 Å². The molecule has 3 rings (SSSR count). The molecule has 2 aromatic carbocycles. The first-order valence-corrected chi connectivity index (χ1v) is 8.96. The smallest absolute Gasteiger partial charge is 0.254 e. The lowest BCUT2D eigenvalue weighted by Gasteiger charge is -2.33. The molecule has 0 aromatic heterocycles. The van der Waals surface area contributed by atoms with Gasteiger partial charge in [0.25, 0.3) is 5.91 Å². The van der Waals surface area contributed by atoms with Crippen LogP contribution in [0.2, 0.25) is 0 Å². The molecule has 0 spiro atoms. The van der Waals surface area contributed by atoms with Crippen molar-refractivity contribution in [2.75, 3.05) is 26.3 Å². The van der Waals surface area contributed by atoms with E-state index >= 15 is 0 Å². The molecule has 1 amide bonds. The topological polar surface area (TPSA) is 38.8 Å². The highest BCUT2D eigenvalue weighted by Crippen LogP contribution is 2.23. The molecule has 1 unspecified atom stereocenters. The van der Waals surface area contributed by atoms with Gasteiger partial charge in [0.1, 0.15) is 11.9 Å². The van der Waals surface area contributed by atoms with Crippen molar-refractivity contribution in [3.05, 3.63) is 65.7 Å². The molecule has 1 aliphatic rings. The molecule has 0 bridgehead atoms. The third kappa shape index (κ3) is 4.60. The number of hydrogen-bond donors (Lipinski definition) is 0. The van der Waals surface area contributed by atoms with Gasteiger partial charge in [-0.3, -0.25) is 4.79 Å². The maximum absolute atomic E-state index is 12.8. The number of carbonyl (C=O) groups is 1. The Kier molecular flexibility index (Phi) is 6.07. The highest BCUT2D eigenvalue weighted by molar-refractivity contribution is 5.94. The van der Waals surface area contributed by atoms with Crippen molar-refractivity contribution in [1.82, 2.24) is 4.90 Å². The van der Waals surface area contributed by atoms with E-state index in [1.807, 2.05) is 59.5 Å². The fraction of sp³-hybridized carbons (Fsp3) is 0.381. The van der Waals surface area contributed by atoms with Gasteiger partial charge in [0.2, 0.25) is 0 Å². The number of benzene rings is 2. The van der Waals surface area contributed by atoms with Gasteiger partial charge < -0.3 is 14.4 Å². The Morgan fingerprint density at radius 3 is 2.64 bits per heavy atom. The van der Waals surface area contributed by atoms with E-state index in [1.165, 1.54) is 0 Å². The Labute approximate surface area is 149 Å². The van der Waals surface area contributed by atoms with Crippen LogP contribution < -0.4 is 4.74 Å². The first kappa shape index (κ1) is 17.5. The van der Waals surface area contributed by atoms with E-state index in [-0.39, 0.29) is 12.0 Å². The largest absolute Gasteiger partial charge is 0.494 e. The van der Waals surface area contributed by atoms with E-state index in [1.54, 1.807) is 0 Å². The number of morpholine rings is 1. The van der Waals surface area contributed by atoms with Crippen LogP contribution in [0.25, 0.3) is 0 Å². The molecule has 1 saturated heterocycles. The zero-order chi connectivity index (χ0) is 17.5. The average molecular weight is 339 g/mol. The van der Waals surface area contributed by atoms with Crippen molar-refractivity contribution in [2.45, 2.75) is 25.9 Å². The number of unbranched alkanes of at least 4 members (excludes halogenated alkanes) is 1. The summed E-state index contributed by atoms with van der Waals surface area (Å²) in [6, 6.07) is 17.5. The van der Waals surface area contributed by atoms with Crippen LogP contribution in [0.3, 0.4) is 0 Å². The monoisotopic (exact) mass is 339 g/mol. The second kappa shape index (κ2) is 8.67. The van der Waals surface area contributed by atoms with Crippen LogP contribution in [0, 0.1) is 0 Å². The molecule has 4 nitrogen and oxygen atoms in total. The van der Waals surface area contributed by atoms with Crippen LogP contribution in [0.15, 0.2) is 54.6 Å². The van der Waals surface area contributed by atoms with Crippen molar-refractivity contribution in [1.29, 1.82) is 0 Å². The summed E-state index contributed by atoms with van der Waals surface area (Å²) in [6.45, 7) is 4.61. The van der Waals surface area contributed by atoms with Crippen molar-refractivity contribution in [3.8, 4) is 5.75 Å². The minimum absolute atomic E-state index is 0.0457. The van der Waals surface area contributed by atoms with Crippen molar-refractivity contribution >= 4 is 5.91 Å². The predicted molar refractivity (Wildman–Crippen MR) is 97.9 cm³/mol. The van der Waals surface area contributed by atoms with E-state index < -0.39 is 0 Å². The van der Waals surface area contributed by atoms with Gasteiger partial charge in [-0.2, -0.15) is 0 Å². The van der Waals surface area contributed by atoms with Crippen molar-refractivity contribution in [2.24, 2.45) is 0 Å². The molecular weight excluding hydrogens is 314 g/mol. The van der Waals surface area contributed by atoms with Crippen LogP contribution in [0.1, 0.15) is 41.8 Å². The van der Waals surface area contributed by atoms with Gasteiger partial charge in [0, 0.05) is 12.1 Å². The third-order valence-electron chi connectivity index (χ3n) is 4.39. The lowest BCUT2D eigenvalue weighted by atomic mass is 10.1. The minimum atomic E-state index is -0.0597. The van der Waals surface area contributed by atoms with E-state index in [0.717, 1.165) is 24.2 Å². The Morgan fingerprint density at radius 2 is 1.92 bits per heavy atom. The first-order valence-electron chi connectivity index (χ1n) is 8.96. The first-order chi connectivity index (χ1) is 12.3. The molecule has 1 atom stereocenters. The van der Waals surface area contributed by atoms with Gasteiger partial charge in [-0.05, 0) is 36.2 Å². The van der Waals surface area contributed by atoms with Gasteiger partial charge in [-0.25, -0.2) is 0 Å². The zero-order valence-corrected chi connectivity index (χ0v) is 14.7. The summed E-state index contributed by atoms with van der Waals surface area (Å²) in [4.78, 5) is 14.6. The normalized spacial score (nSPS) is 17.3. The second-order valence-electron chi connectivity index (χ2n) is 6.25. The molecule has 1 aliphatic heterocycles. The third-order valence-corrected chi connectivity index (χ3v) is 4.39. The average Bonchev–Trinajstić information content (AvgIpc) is 2.69. The molecule has 2 aromatic rings. The zero-order valence-electron chi connectivity index (χ0n) is 14.7. The van der Waals surface area contributed by atoms with Crippen molar-refractivity contribution in [3.63, 3.8) is 0 Å². The van der Waals surface area contributed by atoms with E-state index in [4.69, 9.17) is 9.47 Å². The molecule has 0 radical (unpaired) electrons. The Bertz CT molecular complexity index is 669. The van der Waals surface area contributed by atoms with E-state index in [0.29, 0.717) is 31.9 Å². The van der Waals surface area contributed by atoms with Gasteiger partial charge in [0.05, 0.1) is 19.8 Å². The molecule has 0 aliphatic carbocycles. The molecule has 0 saturated carbocycles. The maximum atomic E-state index is 12.8. The van der Waals surface area contributed by atoms with Crippen LogP contribution >= 0.6 is 0 Å². The summed E-state index contributed by atoms with van der Waals surface area (Å²) in [5.74, 6) is 0.860. The number of nitrogens with zero attached hydrogens (tertiary/aromatic N) is 1. The second-order valence-corrected chi connectivity index (χ2v) is 6.25. The fourth-order valence-electron chi connectivity index (χ4n) is 2.91. The number of amides is 1. The summed E-state index contributed by atoms with van der Waals surface area (Å²) in [5, 5.41) is 0. The molecule has 25 heavy (non-hydrogen) atoms. The van der Waals surface area contributed by atoms with Gasteiger partial charge in [-0.15, -0.1) is 0 Å².